The minimum atomic E-state index is -0.308. The second-order valence-corrected chi connectivity index (χ2v) is 8.57. The number of piperidine rings is 1. The summed E-state index contributed by atoms with van der Waals surface area (Å²) in [5.74, 6) is 0.418. The number of rotatable bonds is 6. The molecule has 0 unspecified atom stereocenters. The molecule has 0 radical (unpaired) electrons. The molecule has 0 aliphatic carbocycles. The van der Waals surface area contributed by atoms with Crippen LogP contribution in [0.3, 0.4) is 0 Å². The molecular weight excluding hydrogens is 458 g/mol. The summed E-state index contributed by atoms with van der Waals surface area (Å²) in [5, 5.41) is 10.2. The normalized spacial score (nSPS) is 15.3. The number of carbonyl (C=O) groups is 2. The van der Waals surface area contributed by atoms with Gasteiger partial charge < -0.3 is 10.2 Å². The van der Waals surface area contributed by atoms with E-state index in [1.807, 2.05) is 0 Å². The van der Waals surface area contributed by atoms with Crippen LogP contribution in [0, 0.1) is 5.92 Å². The van der Waals surface area contributed by atoms with Crippen LogP contribution in [-0.4, -0.2) is 60.6 Å². The Morgan fingerprint density at radius 1 is 1.34 bits per heavy atom. The molecular formula is C20H25BrClN5O2. The molecule has 1 fully saturated rings. The molecule has 1 saturated heterocycles. The highest BCUT2D eigenvalue weighted by molar-refractivity contribution is 9.10. The van der Waals surface area contributed by atoms with E-state index in [0.29, 0.717) is 39.0 Å². The summed E-state index contributed by atoms with van der Waals surface area (Å²) in [4.78, 5) is 29.0. The Morgan fingerprint density at radius 2 is 2.03 bits per heavy atom. The molecule has 0 atom stereocenters. The van der Waals surface area contributed by atoms with Gasteiger partial charge in [-0.15, -0.1) is 0 Å². The van der Waals surface area contributed by atoms with Crippen molar-refractivity contribution in [1.29, 1.82) is 0 Å². The molecule has 2 heterocycles. The van der Waals surface area contributed by atoms with Crippen LogP contribution in [0.4, 0.5) is 5.82 Å². The lowest BCUT2D eigenvalue weighted by Gasteiger charge is -2.28. The van der Waals surface area contributed by atoms with E-state index >= 15 is 0 Å². The number of benzene rings is 1. The lowest BCUT2D eigenvalue weighted by Crippen LogP contribution is -2.33. The van der Waals surface area contributed by atoms with Crippen LogP contribution in [0.25, 0.3) is 0 Å². The summed E-state index contributed by atoms with van der Waals surface area (Å²) in [6.45, 7) is 2.84. The molecule has 156 valence electrons. The van der Waals surface area contributed by atoms with Gasteiger partial charge in [0.25, 0.3) is 11.8 Å². The first-order chi connectivity index (χ1) is 13.9. The number of halogens is 2. The molecule has 2 aromatic rings. The Kier molecular flexibility index (Phi) is 7.32. The summed E-state index contributed by atoms with van der Waals surface area (Å²) in [5.41, 5.74) is 0.665. The standard InChI is InChI=1S/C20H25BrClN5O2/c1-26-11-8-13(9-12-26)7-10-23-19(28)17-16(21)18(25-24-17)27(2)20(29)14-5-3-4-6-15(14)22/h3-6,13H,7-12H2,1-2H3,(H,23,28)(H,24,25). The molecule has 1 aliphatic rings. The average Bonchev–Trinajstić information content (AvgIpc) is 3.10. The summed E-state index contributed by atoms with van der Waals surface area (Å²) in [6.07, 6.45) is 3.29. The van der Waals surface area contributed by atoms with Crippen LogP contribution in [0.1, 0.15) is 40.1 Å². The Hall–Kier alpha value is -1.90. The number of aromatic nitrogens is 2. The van der Waals surface area contributed by atoms with Crippen LogP contribution in [0.2, 0.25) is 5.02 Å². The van der Waals surface area contributed by atoms with E-state index < -0.39 is 0 Å². The SMILES string of the molecule is CN1CCC(CCNC(=O)c2[nH]nc(N(C)C(=O)c3ccccc3Cl)c2Br)CC1. The van der Waals surface area contributed by atoms with Gasteiger partial charge in [-0.2, -0.15) is 5.10 Å². The van der Waals surface area contributed by atoms with Crippen LogP contribution < -0.4 is 10.2 Å². The summed E-state index contributed by atoms with van der Waals surface area (Å²) >= 11 is 9.52. The van der Waals surface area contributed by atoms with Gasteiger partial charge in [0.05, 0.1) is 15.1 Å². The molecule has 0 saturated carbocycles. The van der Waals surface area contributed by atoms with E-state index in [1.165, 1.54) is 17.7 Å². The van der Waals surface area contributed by atoms with E-state index in [4.69, 9.17) is 11.6 Å². The first-order valence-corrected chi connectivity index (χ1v) is 10.8. The van der Waals surface area contributed by atoms with Gasteiger partial charge in [0.1, 0.15) is 5.69 Å². The topological polar surface area (TPSA) is 81.3 Å². The Morgan fingerprint density at radius 3 is 2.72 bits per heavy atom. The molecule has 29 heavy (non-hydrogen) atoms. The third-order valence-electron chi connectivity index (χ3n) is 5.32. The number of hydrogen-bond donors (Lipinski definition) is 2. The van der Waals surface area contributed by atoms with Crippen molar-refractivity contribution in [2.75, 3.05) is 38.6 Å². The number of amides is 2. The van der Waals surface area contributed by atoms with Gasteiger partial charge in [0, 0.05) is 13.6 Å². The van der Waals surface area contributed by atoms with Gasteiger partial charge in [0.2, 0.25) is 0 Å². The molecule has 7 nitrogen and oxygen atoms in total. The van der Waals surface area contributed by atoms with Gasteiger partial charge in [-0.25, -0.2) is 0 Å². The molecule has 0 spiro atoms. The minimum absolute atomic E-state index is 0.248. The van der Waals surface area contributed by atoms with Crippen molar-refractivity contribution >= 4 is 45.2 Å². The summed E-state index contributed by atoms with van der Waals surface area (Å²) in [6, 6.07) is 6.82. The van der Waals surface area contributed by atoms with Crippen LogP contribution in [0.15, 0.2) is 28.7 Å². The molecule has 1 aromatic carbocycles. The van der Waals surface area contributed by atoms with Crippen LogP contribution in [-0.2, 0) is 0 Å². The number of nitrogens with zero attached hydrogens (tertiary/aromatic N) is 3. The third kappa shape index (κ3) is 5.18. The number of hydrogen-bond acceptors (Lipinski definition) is 4. The molecule has 2 amide bonds. The van der Waals surface area contributed by atoms with Crippen LogP contribution in [0.5, 0.6) is 0 Å². The second kappa shape index (κ2) is 9.73. The van der Waals surface area contributed by atoms with Crippen molar-refractivity contribution in [3.8, 4) is 0 Å². The van der Waals surface area contributed by atoms with E-state index in [9.17, 15) is 9.59 Å². The quantitative estimate of drug-likeness (QED) is 0.660. The molecule has 0 bridgehead atoms. The Balaban J connectivity index is 1.60. The van der Waals surface area contributed by atoms with E-state index in [0.717, 1.165) is 19.5 Å². The highest BCUT2D eigenvalue weighted by Crippen LogP contribution is 2.28. The van der Waals surface area contributed by atoms with E-state index in [1.54, 1.807) is 31.3 Å². The first kappa shape index (κ1) is 21.8. The number of likely N-dealkylation sites (tertiary alicyclic amines) is 1. The molecule has 3 rings (SSSR count). The van der Waals surface area contributed by atoms with Crippen molar-refractivity contribution in [3.05, 3.63) is 45.0 Å². The zero-order chi connectivity index (χ0) is 21.0. The average molecular weight is 483 g/mol. The Labute approximate surface area is 183 Å². The highest BCUT2D eigenvalue weighted by Gasteiger charge is 2.25. The maximum Gasteiger partial charge on any atom is 0.270 e. The second-order valence-electron chi connectivity index (χ2n) is 7.37. The van der Waals surface area contributed by atoms with Crippen molar-refractivity contribution in [1.82, 2.24) is 20.4 Å². The lowest BCUT2D eigenvalue weighted by molar-refractivity contribution is 0.0941. The predicted molar refractivity (Wildman–Crippen MR) is 118 cm³/mol. The zero-order valence-electron chi connectivity index (χ0n) is 16.5. The van der Waals surface area contributed by atoms with Crippen molar-refractivity contribution in [3.63, 3.8) is 0 Å². The minimum Gasteiger partial charge on any atom is -0.351 e. The van der Waals surface area contributed by atoms with Gasteiger partial charge in [-0.3, -0.25) is 19.6 Å². The van der Waals surface area contributed by atoms with E-state index in [2.05, 4.69) is 43.4 Å². The number of nitrogens with one attached hydrogen (secondary N) is 2. The fourth-order valence-electron chi connectivity index (χ4n) is 3.43. The molecule has 9 heteroatoms. The predicted octanol–water partition coefficient (Wildman–Crippen LogP) is 3.56. The number of anilines is 1. The fourth-order valence-corrected chi connectivity index (χ4v) is 4.27. The number of H-pyrrole nitrogens is 1. The van der Waals surface area contributed by atoms with Crippen LogP contribution >= 0.6 is 27.5 Å². The number of carbonyl (C=O) groups excluding carboxylic acids is 2. The largest absolute Gasteiger partial charge is 0.351 e. The van der Waals surface area contributed by atoms with Crippen molar-refractivity contribution in [2.24, 2.45) is 5.92 Å². The number of aromatic amines is 1. The van der Waals surface area contributed by atoms with Gasteiger partial charge in [-0.1, -0.05) is 23.7 Å². The van der Waals surface area contributed by atoms with E-state index in [-0.39, 0.29) is 11.8 Å². The highest BCUT2D eigenvalue weighted by atomic mass is 79.9. The maximum atomic E-state index is 12.7. The van der Waals surface area contributed by atoms with Gasteiger partial charge in [-0.05, 0) is 73.4 Å². The van der Waals surface area contributed by atoms with Gasteiger partial charge in [0.15, 0.2) is 5.82 Å². The molecule has 1 aromatic heterocycles. The van der Waals surface area contributed by atoms with Crippen molar-refractivity contribution in [2.45, 2.75) is 19.3 Å². The monoisotopic (exact) mass is 481 g/mol. The van der Waals surface area contributed by atoms with Crippen molar-refractivity contribution < 1.29 is 9.59 Å². The first-order valence-electron chi connectivity index (χ1n) is 9.61. The third-order valence-corrected chi connectivity index (χ3v) is 6.40. The summed E-state index contributed by atoms with van der Waals surface area (Å²) < 4.78 is 0.442. The zero-order valence-corrected chi connectivity index (χ0v) is 18.9. The van der Waals surface area contributed by atoms with Gasteiger partial charge >= 0.3 is 0 Å². The molecule has 1 aliphatic heterocycles. The molecule has 2 N–H and O–H groups in total. The summed E-state index contributed by atoms with van der Waals surface area (Å²) in [7, 11) is 3.73. The maximum absolute atomic E-state index is 12.7. The Bertz CT molecular complexity index is 880. The lowest BCUT2D eigenvalue weighted by atomic mass is 9.94. The fraction of sp³-hybridized carbons (Fsp3) is 0.450. The smallest absolute Gasteiger partial charge is 0.270 e.